The van der Waals surface area contributed by atoms with E-state index in [1.807, 2.05) is 0 Å². The smallest absolute Gasteiger partial charge is 0.205 e. The van der Waals surface area contributed by atoms with Gasteiger partial charge >= 0.3 is 0 Å². The van der Waals surface area contributed by atoms with E-state index in [2.05, 4.69) is 14.3 Å². The van der Waals surface area contributed by atoms with Gasteiger partial charge in [-0.3, -0.25) is 0 Å². The van der Waals surface area contributed by atoms with Crippen molar-refractivity contribution in [3.05, 3.63) is 6.33 Å². The van der Waals surface area contributed by atoms with Crippen molar-refractivity contribution in [3.63, 3.8) is 0 Å². The average Bonchev–Trinajstić information content (AvgIpc) is 2.62. The zero-order valence-corrected chi connectivity index (χ0v) is 8.00. The molecule has 1 aromatic rings. The van der Waals surface area contributed by atoms with Gasteiger partial charge in [0.2, 0.25) is 5.13 Å². The van der Waals surface area contributed by atoms with E-state index in [0.29, 0.717) is 0 Å². The Hall–Kier alpha value is -0.680. The second-order valence-electron chi connectivity index (χ2n) is 3.98. The minimum absolute atomic E-state index is 0.156. The second kappa shape index (κ2) is 2.42. The van der Waals surface area contributed by atoms with E-state index in [1.54, 1.807) is 6.33 Å². The number of hydrogen-bond donors (Lipinski definition) is 1. The Balaban J connectivity index is 1.82. The number of rotatable bonds is 1. The lowest BCUT2D eigenvalue weighted by atomic mass is 10.0. The van der Waals surface area contributed by atoms with E-state index in [4.69, 9.17) is 0 Å². The first kappa shape index (κ1) is 7.70. The fourth-order valence-electron chi connectivity index (χ4n) is 2.06. The first-order chi connectivity index (χ1) is 6.30. The van der Waals surface area contributed by atoms with E-state index < -0.39 is 0 Å². The molecule has 3 rings (SSSR count). The predicted molar refractivity (Wildman–Crippen MR) is 49.8 cm³/mol. The molecule has 0 aromatic carbocycles. The SMILES string of the molecule is OC1CN(c2ncns2)CC12CC2. The molecule has 70 valence electrons. The van der Waals surface area contributed by atoms with Gasteiger partial charge in [0.05, 0.1) is 6.10 Å². The summed E-state index contributed by atoms with van der Waals surface area (Å²) in [6.07, 6.45) is 3.76. The van der Waals surface area contributed by atoms with Gasteiger partial charge < -0.3 is 10.0 Å². The Kier molecular flexibility index (Phi) is 1.43. The molecule has 1 spiro atoms. The summed E-state index contributed by atoms with van der Waals surface area (Å²) in [6.45, 7) is 1.69. The van der Waals surface area contributed by atoms with Gasteiger partial charge in [-0.1, -0.05) is 0 Å². The van der Waals surface area contributed by atoms with Gasteiger partial charge in [0.15, 0.2) is 0 Å². The van der Waals surface area contributed by atoms with Crippen molar-refractivity contribution in [2.24, 2.45) is 5.41 Å². The van der Waals surface area contributed by atoms with Crippen molar-refractivity contribution < 1.29 is 5.11 Å². The molecule has 2 heterocycles. The topological polar surface area (TPSA) is 49.2 Å². The Bertz CT molecular complexity index is 309. The molecule has 1 saturated carbocycles. The molecule has 1 aliphatic carbocycles. The highest BCUT2D eigenvalue weighted by atomic mass is 32.1. The number of nitrogens with zero attached hydrogens (tertiary/aromatic N) is 3. The van der Waals surface area contributed by atoms with Gasteiger partial charge in [0.25, 0.3) is 0 Å². The summed E-state index contributed by atoms with van der Waals surface area (Å²) in [4.78, 5) is 6.30. The van der Waals surface area contributed by atoms with Crippen LogP contribution in [0.25, 0.3) is 0 Å². The summed E-state index contributed by atoms with van der Waals surface area (Å²) in [5, 5.41) is 10.8. The fraction of sp³-hybridized carbons (Fsp3) is 0.750. The maximum atomic E-state index is 9.80. The highest BCUT2D eigenvalue weighted by Crippen LogP contribution is 2.53. The van der Waals surface area contributed by atoms with E-state index in [-0.39, 0.29) is 11.5 Å². The molecule has 1 atom stereocenters. The van der Waals surface area contributed by atoms with Crippen LogP contribution in [0.4, 0.5) is 5.13 Å². The van der Waals surface area contributed by atoms with Crippen LogP contribution in [0.3, 0.4) is 0 Å². The lowest BCUT2D eigenvalue weighted by molar-refractivity contribution is 0.136. The van der Waals surface area contributed by atoms with Crippen LogP contribution in [0.2, 0.25) is 0 Å². The van der Waals surface area contributed by atoms with E-state index >= 15 is 0 Å². The van der Waals surface area contributed by atoms with Crippen molar-refractivity contribution in [1.29, 1.82) is 0 Å². The first-order valence-corrected chi connectivity index (χ1v) is 5.27. The molecule has 1 aliphatic heterocycles. The zero-order valence-electron chi connectivity index (χ0n) is 7.18. The number of β-amino-alcohol motifs (C(OH)–C–C–N with tert-alkyl or cyclic N) is 1. The highest BCUT2D eigenvalue weighted by Gasteiger charge is 2.55. The first-order valence-electron chi connectivity index (χ1n) is 4.50. The molecule has 0 bridgehead atoms. The van der Waals surface area contributed by atoms with Crippen LogP contribution in [0, 0.1) is 5.41 Å². The minimum atomic E-state index is -0.156. The standard InChI is InChI=1S/C8H11N3OS/c12-6-3-11(4-8(6)1-2-8)7-9-5-10-13-7/h5-6,12H,1-4H2. The Morgan fingerprint density at radius 3 is 3.00 bits per heavy atom. The van der Waals surface area contributed by atoms with Crippen molar-refractivity contribution in [1.82, 2.24) is 9.36 Å². The third kappa shape index (κ3) is 1.07. The third-order valence-electron chi connectivity index (χ3n) is 3.12. The van der Waals surface area contributed by atoms with Crippen LogP contribution in [0.15, 0.2) is 6.33 Å². The van der Waals surface area contributed by atoms with Crippen molar-refractivity contribution in [2.45, 2.75) is 18.9 Å². The zero-order chi connectivity index (χ0) is 8.89. The molecule has 1 aromatic heterocycles. The highest BCUT2D eigenvalue weighted by molar-refractivity contribution is 7.09. The molecule has 2 aliphatic rings. The normalized spacial score (nSPS) is 29.9. The van der Waals surface area contributed by atoms with Gasteiger partial charge in [-0.25, -0.2) is 4.98 Å². The van der Waals surface area contributed by atoms with Crippen LogP contribution < -0.4 is 4.90 Å². The van der Waals surface area contributed by atoms with Crippen LogP contribution in [0.5, 0.6) is 0 Å². The Morgan fingerprint density at radius 1 is 1.62 bits per heavy atom. The summed E-state index contributed by atoms with van der Waals surface area (Å²) in [5.74, 6) is 0. The van der Waals surface area contributed by atoms with Gasteiger partial charge in [-0.2, -0.15) is 4.37 Å². The van der Waals surface area contributed by atoms with Crippen molar-refractivity contribution in [3.8, 4) is 0 Å². The monoisotopic (exact) mass is 197 g/mol. The average molecular weight is 197 g/mol. The minimum Gasteiger partial charge on any atom is -0.391 e. The number of aliphatic hydroxyl groups excluding tert-OH is 1. The van der Waals surface area contributed by atoms with Crippen LogP contribution in [-0.2, 0) is 0 Å². The predicted octanol–water partition coefficient (Wildman–Crippen LogP) is 0.499. The molecular formula is C8H11N3OS. The molecule has 1 unspecified atom stereocenters. The van der Waals surface area contributed by atoms with E-state index in [1.165, 1.54) is 24.4 Å². The quantitative estimate of drug-likeness (QED) is 0.712. The van der Waals surface area contributed by atoms with Gasteiger partial charge in [0, 0.05) is 30.0 Å². The number of aliphatic hydroxyl groups is 1. The molecule has 1 saturated heterocycles. The molecule has 0 radical (unpaired) electrons. The molecular weight excluding hydrogens is 186 g/mol. The van der Waals surface area contributed by atoms with E-state index in [9.17, 15) is 5.11 Å². The maximum Gasteiger partial charge on any atom is 0.205 e. The summed E-state index contributed by atoms with van der Waals surface area (Å²) in [6, 6.07) is 0. The van der Waals surface area contributed by atoms with Gasteiger partial charge in [0.1, 0.15) is 6.33 Å². The lowest BCUT2D eigenvalue weighted by Gasteiger charge is -2.12. The Labute approximate surface area is 80.4 Å². The molecule has 1 N–H and O–H groups in total. The van der Waals surface area contributed by atoms with Crippen LogP contribution in [-0.4, -0.2) is 33.7 Å². The van der Waals surface area contributed by atoms with Crippen molar-refractivity contribution in [2.75, 3.05) is 18.0 Å². The summed E-state index contributed by atoms with van der Waals surface area (Å²) < 4.78 is 3.97. The lowest BCUT2D eigenvalue weighted by Crippen LogP contribution is -2.20. The largest absolute Gasteiger partial charge is 0.391 e. The molecule has 2 fully saturated rings. The maximum absolute atomic E-state index is 9.80. The van der Waals surface area contributed by atoms with Crippen LogP contribution in [0.1, 0.15) is 12.8 Å². The van der Waals surface area contributed by atoms with Crippen molar-refractivity contribution >= 4 is 16.7 Å². The van der Waals surface area contributed by atoms with Crippen LogP contribution >= 0.6 is 11.5 Å². The second-order valence-corrected chi connectivity index (χ2v) is 4.74. The Morgan fingerprint density at radius 2 is 2.46 bits per heavy atom. The molecule has 4 nitrogen and oxygen atoms in total. The number of anilines is 1. The third-order valence-corrected chi connectivity index (χ3v) is 3.84. The molecule has 13 heavy (non-hydrogen) atoms. The summed E-state index contributed by atoms with van der Waals surface area (Å²) in [5.41, 5.74) is 0.214. The fourth-order valence-corrected chi connectivity index (χ4v) is 2.59. The summed E-state index contributed by atoms with van der Waals surface area (Å²) in [7, 11) is 0. The number of aromatic nitrogens is 2. The molecule has 5 heteroatoms. The molecule has 0 amide bonds. The van der Waals surface area contributed by atoms with Gasteiger partial charge in [-0.15, -0.1) is 0 Å². The summed E-state index contributed by atoms with van der Waals surface area (Å²) >= 11 is 1.40. The number of hydrogen-bond acceptors (Lipinski definition) is 5. The van der Waals surface area contributed by atoms with E-state index in [0.717, 1.165) is 18.2 Å². The van der Waals surface area contributed by atoms with Gasteiger partial charge in [-0.05, 0) is 12.8 Å².